The number of fused-ring (bicyclic) bond motifs is 1. The van der Waals surface area contributed by atoms with Crippen molar-refractivity contribution in [3.8, 4) is 17.2 Å². The molecule has 334 valence electrons. The van der Waals surface area contributed by atoms with Crippen molar-refractivity contribution in [1.82, 2.24) is 0 Å². The molecule has 9 nitrogen and oxygen atoms in total. The molecule has 0 aromatic heterocycles. The van der Waals surface area contributed by atoms with Crippen molar-refractivity contribution in [1.29, 1.82) is 0 Å². The molecule has 0 aliphatic carbocycles. The Bertz CT molecular complexity index is 3120. The van der Waals surface area contributed by atoms with Crippen molar-refractivity contribution in [2.24, 2.45) is 0 Å². The molecular formula is C56H49ClO9. The van der Waals surface area contributed by atoms with Crippen LogP contribution < -0.4 is 14.2 Å². The minimum absolute atomic E-state index is 0.172. The van der Waals surface area contributed by atoms with E-state index in [1.165, 1.54) is 53.9 Å². The fourth-order valence-electron chi connectivity index (χ4n) is 9.53. The lowest BCUT2D eigenvalue weighted by Crippen LogP contribution is -2.44. The Morgan fingerprint density at radius 2 is 1.03 bits per heavy atom. The number of ether oxygens (including phenoxy) is 8. The van der Waals surface area contributed by atoms with E-state index < -0.39 is 11.2 Å². The maximum absolute atomic E-state index is 11.9. The molecule has 0 spiro atoms. The van der Waals surface area contributed by atoms with Gasteiger partial charge in [0, 0.05) is 43.2 Å². The second kappa shape index (κ2) is 18.9. The highest BCUT2D eigenvalue weighted by Crippen LogP contribution is 2.45. The molecule has 1 aliphatic rings. The first-order valence-electron chi connectivity index (χ1n) is 22.1. The number of carbonyl (C=O) groups excluding carboxylic acids is 1. The van der Waals surface area contributed by atoms with Crippen LogP contribution in [0.3, 0.4) is 0 Å². The molecule has 10 rings (SSSR count). The summed E-state index contributed by atoms with van der Waals surface area (Å²) in [6.07, 6.45) is 4.38. The van der Waals surface area contributed by atoms with Crippen LogP contribution in [0.1, 0.15) is 40.7 Å². The maximum Gasteiger partial charge on any atom is 0.409 e. The molecule has 9 aromatic rings. The summed E-state index contributed by atoms with van der Waals surface area (Å²) in [6, 6.07) is 38.2. The van der Waals surface area contributed by atoms with Gasteiger partial charge in [-0.15, -0.1) is 13.2 Å². The van der Waals surface area contributed by atoms with Crippen molar-refractivity contribution in [2.45, 2.75) is 51.7 Å². The van der Waals surface area contributed by atoms with E-state index in [1.54, 1.807) is 31.4 Å². The van der Waals surface area contributed by atoms with Gasteiger partial charge >= 0.3 is 5.43 Å². The first kappa shape index (κ1) is 43.6. The van der Waals surface area contributed by atoms with Crippen LogP contribution in [0.15, 0.2) is 135 Å². The second-order valence-electron chi connectivity index (χ2n) is 16.9. The van der Waals surface area contributed by atoms with Gasteiger partial charge < -0.3 is 37.9 Å². The summed E-state index contributed by atoms with van der Waals surface area (Å²) in [5.41, 5.74) is 3.99. The predicted octanol–water partition coefficient (Wildman–Crippen LogP) is 13.5. The van der Waals surface area contributed by atoms with Gasteiger partial charge in [0.15, 0.2) is 11.5 Å². The zero-order chi connectivity index (χ0) is 45.2. The first-order chi connectivity index (χ1) is 32.3. The lowest BCUT2D eigenvalue weighted by Gasteiger charge is -2.39. The number of hydrogen-bond acceptors (Lipinski definition) is 9. The molecule has 1 heterocycles. The van der Waals surface area contributed by atoms with Crippen LogP contribution in [0.2, 0.25) is 0 Å². The summed E-state index contributed by atoms with van der Waals surface area (Å²) in [5, 5.41) is 14.2. The molecule has 0 radical (unpaired) electrons. The average molecular weight is 901 g/mol. The Balaban J connectivity index is 0.866. The van der Waals surface area contributed by atoms with Gasteiger partial charge in [-0.2, -0.15) is 0 Å². The summed E-state index contributed by atoms with van der Waals surface area (Å²) in [6.45, 7) is 11.1. The smallest absolute Gasteiger partial charge is 0.409 e. The van der Waals surface area contributed by atoms with E-state index in [0.29, 0.717) is 76.2 Å². The molecule has 0 amide bonds. The highest BCUT2D eigenvalue weighted by Gasteiger charge is 2.39. The van der Waals surface area contributed by atoms with Crippen LogP contribution in [-0.2, 0) is 56.7 Å². The van der Waals surface area contributed by atoms with Gasteiger partial charge in [0.05, 0.1) is 52.9 Å². The molecule has 1 unspecified atom stereocenters. The standard InChI is InChI=1S/C56H49ClO9/c1-4-16-60-30-35-20-39-6-8-43-24-37(25-44-9-7-40(21-35)50(39)51(43)44)32-62-19-15-56(14-18-59-3)64-34-47-28-48(65-55(57)58)29-49(54(47)66-56)63-33-38-26-45-12-10-41-22-36(31-61-17-5-2)23-42-11-13-46(27-38)53(45)52(41)42/h4-13,20-29H,1-2,14-19,30-34H2,3H3. The molecule has 66 heavy (non-hydrogen) atoms. The molecule has 10 heteroatoms. The van der Waals surface area contributed by atoms with E-state index in [1.807, 2.05) is 0 Å². The van der Waals surface area contributed by atoms with E-state index >= 15 is 0 Å². The second-order valence-corrected chi connectivity index (χ2v) is 17.2. The van der Waals surface area contributed by atoms with Crippen LogP contribution in [0, 0.1) is 0 Å². The maximum atomic E-state index is 11.9. The minimum Gasteiger partial charge on any atom is -0.485 e. The van der Waals surface area contributed by atoms with Crippen molar-refractivity contribution in [3.05, 3.63) is 162 Å². The number of methoxy groups -OCH3 is 1. The third-order valence-electron chi connectivity index (χ3n) is 12.4. The average Bonchev–Trinajstić information content (AvgIpc) is 3.32. The van der Waals surface area contributed by atoms with Gasteiger partial charge in [0.1, 0.15) is 12.4 Å². The molecule has 0 N–H and O–H groups in total. The van der Waals surface area contributed by atoms with E-state index in [2.05, 4.69) is 110 Å². The first-order valence-corrected chi connectivity index (χ1v) is 22.5. The van der Waals surface area contributed by atoms with E-state index in [4.69, 9.17) is 49.5 Å². The third kappa shape index (κ3) is 8.86. The summed E-state index contributed by atoms with van der Waals surface area (Å²) in [7, 11) is 1.65. The Morgan fingerprint density at radius 1 is 0.606 bits per heavy atom. The molecule has 9 aromatic carbocycles. The van der Waals surface area contributed by atoms with Crippen LogP contribution in [0.5, 0.6) is 17.2 Å². The van der Waals surface area contributed by atoms with Gasteiger partial charge in [-0.3, -0.25) is 0 Å². The van der Waals surface area contributed by atoms with Gasteiger partial charge in [-0.05, 0) is 141 Å². The number of carbonyl (C=O) groups is 1. The lowest BCUT2D eigenvalue weighted by atomic mass is 9.92. The Hall–Kier alpha value is -6.30. The van der Waals surface area contributed by atoms with Crippen LogP contribution in [-0.4, -0.2) is 44.8 Å². The topological polar surface area (TPSA) is 90.9 Å². The monoisotopic (exact) mass is 900 g/mol. The van der Waals surface area contributed by atoms with Crippen molar-refractivity contribution in [2.75, 3.05) is 33.5 Å². The van der Waals surface area contributed by atoms with Crippen molar-refractivity contribution >= 4 is 81.7 Å². The molecule has 0 fully saturated rings. The number of hydrogen-bond donors (Lipinski definition) is 0. The Kier molecular flexibility index (Phi) is 12.5. The quantitative estimate of drug-likeness (QED) is 0.0321. The number of halogens is 1. The zero-order valence-electron chi connectivity index (χ0n) is 36.8. The number of benzene rings is 9. The predicted molar refractivity (Wildman–Crippen MR) is 262 cm³/mol. The summed E-state index contributed by atoms with van der Waals surface area (Å²) in [4.78, 5) is 11.9. The van der Waals surface area contributed by atoms with E-state index in [0.717, 1.165) is 33.0 Å². The van der Waals surface area contributed by atoms with Crippen molar-refractivity contribution < 1.29 is 42.7 Å². The molecule has 1 aliphatic heterocycles. The fourth-order valence-corrected chi connectivity index (χ4v) is 9.62. The van der Waals surface area contributed by atoms with Gasteiger partial charge in [0.2, 0.25) is 5.79 Å². The Labute approximate surface area is 387 Å². The molecule has 1 atom stereocenters. The SMILES string of the molecule is C=CCOCc1cc2ccc3cc(COCCC4(CCOC)OCc5cc(OC(=O)Cl)cc(OCc6cc7ccc8cc(COCC=C)cc9ccc(c6)c7c89)c5O4)cc4ccc(c1)c2c34. The molecular weight excluding hydrogens is 852 g/mol. The highest BCUT2D eigenvalue weighted by molar-refractivity contribution is 6.61. The van der Waals surface area contributed by atoms with Gasteiger partial charge in [-0.1, -0.05) is 60.7 Å². The van der Waals surface area contributed by atoms with Crippen LogP contribution in [0.25, 0.3) is 64.6 Å². The molecule has 0 saturated carbocycles. The normalized spacial score (nSPS) is 15.0. The largest absolute Gasteiger partial charge is 0.485 e. The summed E-state index contributed by atoms with van der Waals surface area (Å²) < 4.78 is 48.6. The lowest BCUT2D eigenvalue weighted by molar-refractivity contribution is -0.225. The minimum atomic E-state index is -1.08. The van der Waals surface area contributed by atoms with Crippen LogP contribution >= 0.6 is 11.6 Å². The summed E-state index contributed by atoms with van der Waals surface area (Å²) in [5.74, 6) is 0.0402. The highest BCUT2D eigenvalue weighted by atomic mass is 35.5. The van der Waals surface area contributed by atoms with Crippen molar-refractivity contribution in [3.63, 3.8) is 0 Å². The number of rotatable bonds is 20. The molecule has 0 bridgehead atoms. The van der Waals surface area contributed by atoms with E-state index in [9.17, 15) is 4.79 Å². The Morgan fingerprint density at radius 3 is 1.45 bits per heavy atom. The third-order valence-corrected chi connectivity index (χ3v) is 12.5. The molecule has 0 saturated heterocycles. The van der Waals surface area contributed by atoms with Crippen LogP contribution in [0.4, 0.5) is 4.79 Å². The van der Waals surface area contributed by atoms with Gasteiger partial charge in [-0.25, -0.2) is 4.79 Å². The fraction of sp³-hybridized carbons (Fsp3) is 0.232. The van der Waals surface area contributed by atoms with Gasteiger partial charge in [0.25, 0.3) is 0 Å². The van der Waals surface area contributed by atoms with E-state index in [-0.39, 0.29) is 19.0 Å². The zero-order valence-corrected chi connectivity index (χ0v) is 37.5. The summed E-state index contributed by atoms with van der Waals surface area (Å²) >= 11 is 5.69.